The first-order valence-corrected chi connectivity index (χ1v) is 8.19. The molecule has 0 bridgehead atoms. The molecular weight excluding hydrogens is 306 g/mol. The smallest absolute Gasteiger partial charge is 0.227 e. The number of amides is 1. The van der Waals surface area contributed by atoms with E-state index in [1.54, 1.807) is 25.1 Å². The molecule has 2 atom stereocenters. The van der Waals surface area contributed by atoms with Crippen LogP contribution in [0.5, 0.6) is 5.75 Å². The summed E-state index contributed by atoms with van der Waals surface area (Å²) in [7, 11) is 0. The van der Waals surface area contributed by atoms with E-state index in [4.69, 9.17) is 4.52 Å². The zero-order valence-corrected chi connectivity index (χ0v) is 14.4. The molecule has 3 N–H and O–H groups in total. The van der Waals surface area contributed by atoms with E-state index < -0.39 is 0 Å². The van der Waals surface area contributed by atoms with Gasteiger partial charge in [0.15, 0.2) is 5.82 Å². The summed E-state index contributed by atoms with van der Waals surface area (Å²) in [6.07, 6.45) is 2.25. The van der Waals surface area contributed by atoms with Gasteiger partial charge in [0.1, 0.15) is 11.5 Å². The summed E-state index contributed by atoms with van der Waals surface area (Å²) in [5.41, 5.74) is 1.19. The number of benzene rings is 1. The summed E-state index contributed by atoms with van der Waals surface area (Å²) in [5.74, 6) is 1.31. The summed E-state index contributed by atoms with van der Waals surface area (Å²) < 4.78 is 4.92. The number of phenolic OH excluding ortho intramolecular Hbond substituents is 1. The highest BCUT2D eigenvalue weighted by molar-refractivity contribution is 5.90. The molecule has 0 saturated heterocycles. The van der Waals surface area contributed by atoms with Crippen molar-refractivity contribution in [3.63, 3.8) is 0 Å². The number of hydrogen-bond acceptors (Lipinski definition) is 5. The van der Waals surface area contributed by atoms with Crippen LogP contribution in [0.4, 0.5) is 5.82 Å². The molecule has 0 aliphatic carbocycles. The summed E-state index contributed by atoms with van der Waals surface area (Å²) in [6.45, 7) is 5.88. The van der Waals surface area contributed by atoms with Gasteiger partial charge in [-0.15, -0.1) is 0 Å². The number of aromatic hydroxyl groups is 1. The van der Waals surface area contributed by atoms with Crippen LogP contribution in [0.15, 0.2) is 34.9 Å². The minimum atomic E-state index is -0.0889. The van der Waals surface area contributed by atoms with E-state index in [9.17, 15) is 9.90 Å². The van der Waals surface area contributed by atoms with E-state index in [1.807, 2.05) is 19.1 Å². The number of rotatable bonds is 8. The maximum atomic E-state index is 12.0. The van der Waals surface area contributed by atoms with E-state index >= 15 is 0 Å². The minimum absolute atomic E-state index is 0.0628. The van der Waals surface area contributed by atoms with Crippen molar-refractivity contribution in [2.24, 2.45) is 0 Å². The Labute approximate surface area is 142 Å². The first kappa shape index (κ1) is 18.0. The summed E-state index contributed by atoms with van der Waals surface area (Å²) in [4.78, 5) is 12.0. The van der Waals surface area contributed by atoms with Crippen LogP contribution in [0.1, 0.15) is 38.0 Å². The van der Waals surface area contributed by atoms with Gasteiger partial charge in [-0.05, 0) is 51.3 Å². The number of aromatic nitrogens is 1. The Morgan fingerprint density at radius 1 is 1.25 bits per heavy atom. The summed E-state index contributed by atoms with van der Waals surface area (Å²) >= 11 is 0. The van der Waals surface area contributed by atoms with Crippen molar-refractivity contribution in [1.29, 1.82) is 0 Å². The molecule has 0 radical (unpaired) electrons. The summed E-state index contributed by atoms with van der Waals surface area (Å²) in [5, 5.41) is 19.2. The van der Waals surface area contributed by atoms with Crippen LogP contribution in [-0.4, -0.2) is 28.3 Å². The van der Waals surface area contributed by atoms with Crippen LogP contribution in [0.25, 0.3) is 0 Å². The molecule has 1 aromatic heterocycles. The van der Waals surface area contributed by atoms with Crippen molar-refractivity contribution < 1.29 is 14.4 Å². The first-order chi connectivity index (χ1) is 11.4. The monoisotopic (exact) mass is 331 g/mol. The fourth-order valence-electron chi connectivity index (χ4n) is 2.57. The standard InChI is InChI=1S/C18H25N3O3/c1-12(4-5-15-6-8-16(22)9-7-15)19-13(2)10-18(23)20-17-11-14(3)24-21-17/h6-9,11-13,19,22H,4-5,10H2,1-3H3,(H,20,21,23)/t12-,13-/m0/s1. The second-order valence-corrected chi connectivity index (χ2v) is 6.25. The second-order valence-electron chi connectivity index (χ2n) is 6.25. The van der Waals surface area contributed by atoms with Crippen molar-refractivity contribution in [2.45, 2.75) is 52.1 Å². The van der Waals surface area contributed by atoms with Crippen molar-refractivity contribution in [2.75, 3.05) is 5.32 Å². The molecular formula is C18H25N3O3. The Balaban J connectivity index is 1.69. The number of carbonyl (C=O) groups excluding carboxylic acids is 1. The van der Waals surface area contributed by atoms with Gasteiger partial charge in [-0.2, -0.15) is 0 Å². The Morgan fingerprint density at radius 3 is 2.58 bits per heavy atom. The molecule has 6 heteroatoms. The number of aryl methyl sites for hydroxylation is 2. The quantitative estimate of drug-likeness (QED) is 0.692. The Kier molecular flexibility index (Phi) is 6.37. The van der Waals surface area contributed by atoms with E-state index in [2.05, 4.69) is 22.7 Å². The highest BCUT2D eigenvalue weighted by Gasteiger charge is 2.13. The molecule has 1 aromatic carbocycles. The Hall–Kier alpha value is -2.34. The van der Waals surface area contributed by atoms with Gasteiger partial charge in [-0.25, -0.2) is 0 Å². The normalized spacial score (nSPS) is 13.5. The molecule has 0 unspecified atom stereocenters. The van der Waals surface area contributed by atoms with Gasteiger partial charge in [0.2, 0.25) is 5.91 Å². The van der Waals surface area contributed by atoms with E-state index in [0.29, 0.717) is 18.0 Å². The van der Waals surface area contributed by atoms with Crippen molar-refractivity contribution in [1.82, 2.24) is 10.5 Å². The molecule has 2 rings (SSSR count). The third-order valence-electron chi connectivity index (χ3n) is 3.76. The van der Waals surface area contributed by atoms with Crippen LogP contribution >= 0.6 is 0 Å². The molecule has 6 nitrogen and oxygen atoms in total. The van der Waals surface area contributed by atoms with E-state index in [-0.39, 0.29) is 23.7 Å². The molecule has 1 amide bonds. The van der Waals surface area contributed by atoms with Crippen LogP contribution in [-0.2, 0) is 11.2 Å². The SMILES string of the molecule is Cc1cc(NC(=O)C[C@H](C)N[C@@H](C)CCc2ccc(O)cc2)no1. The molecule has 130 valence electrons. The molecule has 24 heavy (non-hydrogen) atoms. The zero-order valence-electron chi connectivity index (χ0n) is 14.4. The van der Waals surface area contributed by atoms with Gasteiger partial charge >= 0.3 is 0 Å². The Morgan fingerprint density at radius 2 is 1.96 bits per heavy atom. The average molecular weight is 331 g/mol. The number of hydrogen-bond donors (Lipinski definition) is 3. The highest BCUT2D eigenvalue weighted by atomic mass is 16.5. The largest absolute Gasteiger partial charge is 0.508 e. The van der Waals surface area contributed by atoms with Crippen LogP contribution in [0.2, 0.25) is 0 Å². The predicted molar refractivity (Wildman–Crippen MR) is 93.0 cm³/mol. The minimum Gasteiger partial charge on any atom is -0.508 e. The molecule has 0 aliphatic rings. The number of anilines is 1. The first-order valence-electron chi connectivity index (χ1n) is 8.19. The van der Waals surface area contributed by atoms with Gasteiger partial charge in [0.25, 0.3) is 0 Å². The van der Waals surface area contributed by atoms with Crippen molar-refractivity contribution in [3.05, 3.63) is 41.7 Å². The highest BCUT2D eigenvalue weighted by Crippen LogP contribution is 2.12. The number of carbonyl (C=O) groups is 1. The lowest BCUT2D eigenvalue weighted by molar-refractivity contribution is -0.116. The second kappa shape index (κ2) is 8.49. The van der Waals surface area contributed by atoms with E-state index in [0.717, 1.165) is 12.8 Å². The van der Waals surface area contributed by atoms with Gasteiger partial charge in [0, 0.05) is 24.6 Å². The third-order valence-corrected chi connectivity index (χ3v) is 3.76. The maximum Gasteiger partial charge on any atom is 0.227 e. The lowest BCUT2D eigenvalue weighted by Crippen LogP contribution is -2.37. The molecule has 0 spiro atoms. The zero-order chi connectivity index (χ0) is 17.5. The van der Waals surface area contributed by atoms with Crippen LogP contribution < -0.4 is 10.6 Å². The maximum absolute atomic E-state index is 12.0. The van der Waals surface area contributed by atoms with Crippen LogP contribution in [0.3, 0.4) is 0 Å². The predicted octanol–water partition coefficient (Wildman–Crippen LogP) is 3.02. The number of nitrogens with zero attached hydrogens (tertiary/aromatic N) is 1. The summed E-state index contributed by atoms with van der Waals surface area (Å²) in [6, 6.07) is 9.30. The Bertz CT molecular complexity index is 652. The molecule has 0 aliphatic heterocycles. The van der Waals surface area contributed by atoms with Crippen molar-refractivity contribution in [3.8, 4) is 5.75 Å². The van der Waals surface area contributed by atoms with Gasteiger partial charge in [-0.1, -0.05) is 17.3 Å². The molecule has 0 saturated carbocycles. The van der Waals surface area contributed by atoms with E-state index in [1.165, 1.54) is 5.56 Å². The fraction of sp³-hybridized carbons (Fsp3) is 0.444. The van der Waals surface area contributed by atoms with Crippen molar-refractivity contribution >= 4 is 11.7 Å². The molecule has 1 heterocycles. The topological polar surface area (TPSA) is 87.4 Å². The number of nitrogens with one attached hydrogen (secondary N) is 2. The average Bonchev–Trinajstić information content (AvgIpc) is 2.91. The van der Waals surface area contributed by atoms with Gasteiger partial charge in [0.05, 0.1) is 0 Å². The lowest BCUT2D eigenvalue weighted by atomic mass is 10.0. The van der Waals surface area contributed by atoms with Gasteiger partial charge in [-0.3, -0.25) is 4.79 Å². The third kappa shape index (κ3) is 6.04. The van der Waals surface area contributed by atoms with Gasteiger partial charge < -0.3 is 20.3 Å². The lowest BCUT2D eigenvalue weighted by Gasteiger charge is -2.19. The molecule has 2 aromatic rings. The van der Waals surface area contributed by atoms with Crippen LogP contribution in [0, 0.1) is 6.92 Å². The fourth-order valence-corrected chi connectivity index (χ4v) is 2.57. The number of phenols is 1. The molecule has 0 fully saturated rings.